The number of carbonyl (C=O) groups is 2. The highest BCUT2D eigenvalue weighted by molar-refractivity contribution is 7.99. The van der Waals surface area contributed by atoms with Crippen LogP contribution >= 0.6 is 23.4 Å². The van der Waals surface area contributed by atoms with E-state index >= 15 is 0 Å². The molecule has 0 aromatic heterocycles. The largest absolute Gasteiger partial charge is 0.497 e. The summed E-state index contributed by atoms with van der Waals surface area (Å²) in [6, 6.07) is 12.9. The SMILES string of the molecule is CCC(=O)O[C@H]1C(=O)N(CCNC)c2ccc(Cl)cc2S[C@H]1c1ccc(OC)cc1. The van der Waals surface area contributed by atoms with Gasteiger partial charge >= 0.3 is 5.97 Å². The van der Waals surface area contributed by atoms with Gasteiger partial charge in [0.05, 0.1) is 18.0 Å². The fraction of sp³-hybridized carbons (Fsp3) is 0.364. The molecule has 2 aromatic rings. The average molecular weight is 449 g/mol. The van der Waals surface area contributed by atoms with E-state index < -0.39 is 17.3 Å². The van der Waals surface area contributed by atoms with Crippen LogP contribution in [0.4, 0.5) is 5.69 Å². The first-order valence-corrected chi connectivity index (χ1v) is 11.0. The summed E-state index contributed by atoms with van der Waals surface area (Å²) in [6.07, 6.45) is -0.766. The monoisotopic (exact) mass is 448 g/mol. The van der Waals surface area contributed by atoms with E-state index in [0.717, 1.165) is 16.1 Å². The zero-order valence-electron chi connectivity index (χ0n) is 17.2. The van der Waals surface area contributed by atoms with Gasteiger partial charge in [-0.25, -0.2) is 0 Å². The molecule has 1 aliphatic heterocycles. The number of carbonyl (C=O) groups excluding carboxylic acids is 2. The Kier molecular flexibility index (Phi) is 7.64. The number of amides is 1. The van der Waals surface area contributed by atoms with Gasteiger partial charge in [-0.15, -0.1) is 11.8 Å². The van der Waals surface area contributed by atoms with Crippen molar-refractivity contribution in [3.8, 4) is 5.75 Å². The highest BCUT2D eigenvalue weighted by atomic mass is 35.5. The van der Waals surface area contributed by atoms with Gasteiger partial charge < -0.3 is 19.7 Å². The van der Waals surface area contributed by atoms with Crippen molar-refractivity contribution in [3.63, 3.8) is 0 Å². The molecule has 3 rings (SSSR count). The molecule has 0 unspecified atom stereocenters. The normalized spacial score (nSPS) is 18.5. The van der Waals surface area contributed by atoms with E-state index in [1.165, 1.54) is 11.8 Å². The number of hydrogen-bond donors (Lipinski definition) is 1. The number of likely N-dealkylation sites (N-methyl/N-ethyl adjacent to an activating group) is 1. The topological polar surface area (TPSA) is 67.9 Å². The second-order valence-corrected chi connectivity index (χ2v) is 8.40. The van der Waals surface area contributed by atoms with Crippen molar-refractivity contribution in [2.45, 2.75) is 29.6 Å². The number of halogens is 1. The van der Waals surface area contributed by atoms with Crippen LogP contribution in [0.5, 0.6) is 5.75 Å². The number of methoxy groups -OCH3 is 1. The molecule has 2 aromatic carbocycles. The van der Waals surface area contributed by atoms with Crippen molar-refractivity contribution in [3.05, 3.63) is 53.1 Å². The number of thioether (sulfide) groups is 1. The summed E-state index contributed by atoms with van der Waals surface area (Å²) in [5, 5.41) is 3.23. The third kappa shape index (κ3) is 4.91. The minimum atomic E-state index is -0.959. The standard InChI is InChI=1S/C22H25ClN2O4S/c1-4-19(26)29-20-21(14-5-8-16(28-3)9-6-14)30-18-13-15(23)7-10-17(18)25(22(20)27)12-11-24-2/h5-10,13,20-21,24H,4,11-12H2,1-3H3/t20-,21+/m1/s1. The van der Waals surface area contributed by atoms with Crippen molar-refractivity contribution in [2.75, 3.05) is 32.1 Å². The zero-order valence-corrected chi connectivity index (χ0v) is 18.8. The summed E-state index contributed by atoms with van der Waals surface area (Å²) >= 11 is 7.74. The van der Waals surface area contributed by atoms with Gasteiger partial charge in [0, 0.05) is 29.4 Å². The molecule has 0 bridgehead atoms. The second kappa shape index (κ2) is 10.2. The van der Waals surface area contributed by atoms with E-state index in [-0.39, 0.29) is 12.3 Å². The van der Waals surface area contributed by atoms with Crippen LogP contribution in [0.1, 0.15) is 24.2 Å². The molecule has 0 saturated heterocycles. The van der Waals surface area contributed by atoms with Crippen molar-refractivity contribution >= 4 is 40.9 Å². The van der Waals surface area contributed by atoms with Gasteiger partial charge in [0.25, 0.3) is 5.91 Å². The molecule has 1 amide bonds. The summed E-state index contributed by atoms with van der Waals surface area (Å²) in [5.74, 6) is 0.0522. The number of nitrogens with one attached hydrogen (secondary N) is 1. The van der Waals surface area contributed by atoms with Gasteiger partial charge in [0.1, 0.15) is 5.75 Å². The Labute approximate surface area is 185 Å². The maximum absolute atomic E-state index is 13.6. The first-order chi connectivity index (χ1) is 14.5. The van der Waals surface area contributed by atoms with Crippen LogP contribution in [0.3, 0.4) is 0 Å². The molecule has 0 radical (unpaired) electrons. The van der Waals surface area contributed by atoms with Crippen LogP contribution in [0, 0.1) is 0 Å². The molecule has 0 spiro atoms. The zero-order chi connectivity index (χ0) is 21.7. The minimum Gasteiger partial charge on any atom is -0.497 e. The van der Waals surface area contributed by atoms with Crippen LogP contribution in [-0.2, 0) is 14.3 Å². The van der Waals surface area contributed by atoms with Gasteiger partial charge in [-0.2, -0.15) is 0 Å². The third-order valence-electron chi connectivity index (χ3n) is 4.83. The molecule has 30 heavy (non-hydrogen) atoms. The lowest BCUT2D eigenvalue weighted by atomic mass is 10.1. The summed E-state index contributed by atoms with van der Waals surface area (Å²) in [4.78, 5) is 28.4. The van der Waals surface area contributed by atoms with Gasteiger partial charge in [0.2, 0.25) is 0 Å². The summed E-state index contributed by atoms with van der Waals surface area (Å²) in [5.41, 5.74) is 1.63. The van der Waals surface area contributed by atoms with E-state index in [9.17, 15) is 9.59 Å². The van der Waals surface area contributed by atoms with E-state index in [2.05, 4.69) is 5.32 Å². The van der Waals surface area contributed by atoms with Crippen molar-refractivity contribution in [2.24, 2.45) is 0 Å². The first kappa shape index (κ1) is 22.5. The van der Waals surface area contributed by atoms with E-state index in [4.69, 9.17) is 21.1 Å². The maximum atomic E-state index is 13.6. The van der Waals surface area contributed by atoms with Crippen LogP contribution in [-0.4, -0.2) is 45.2 Å². The number of esters is 1. The second-order valence-electron chi connectivity index (χ2n) is 6.78. The number of ether oxygens (including phenoxy) is 2. The molecule has 1 N–H and O–H groups in total. The molecule has 0 saturated carbocycles. The van der Waals surface area contributed by atoms with Crippen LogP contribution in [0.15, 0.2) is 47.4 Å². The molecule has 160 valence electrons. The number of benzene rings is 2. The lowest BCUT2D eigenvalue weighted by molar-refractivity contribution is -0.154. The Morgan fingerprint density at radius 1 is 1.23 bits per heavy atom. The Morgan fingerprint density at radius 3 is 2.60 bits per heavy atom. The maximum Gasteiger partial charge on any atom is 0.306 e. The highest BCUT2D eigenvalue weighted by Crippen LogP contribution is 2.47. The van der Waals surface area contributed by atoms with Gasteiger partial charge in [-0.05, 0) is 42.9 Å². The summed E-state index contributed by atoms with van der Waals surface area (Å²) in [7, 11) is 3.43. The first-order valence-electron chi connectivity index (χ1n) is 9.74. The molecular weight excluding hydrogens is 424 g/mol. The van der Waals surface area contributed by atoms with Gasteiger partial charge in [-0.3, -0.25) is 9.59 Å². The predicted molar refractivity (Wildman–Crippen MR) is 119 cm³/mol. The number of rotatable bonds is 7. The number of nitrogens with zero attached hydrogens (tertiary/aromatic N) is 1. The summed E-state index contributed by atoms with van der Waals surface area (Å²) < 4.78 is 10.9. The molecule has 2 atom stereocenters. The highest BCUT2D eigenvalue weighted by Gasteiger charge is 2.41. The van der Waals surface area contributed by atoms with Crippen molar-refractivity contribution in [1.82, 2.24) is 5.32 Å². The smallest absolute Gasteiger partial charge is 0.306 e. The molecule has 0 fully saturated rings. The van der Waals surface area contributed by atoms with Crippen LogP contribution in [0.25, 0.3) is 0 Å². The van der Waals surface area contributed by atoms with Gasteiger partial charge in [0.15, 0.2) is 6.10 Å². The molecule has 8 heteroatoms. The van der Waals surface area contributed by atoms with Gasteiger partial charge in [-0.1, -0.05) is 30.7 Å². The van der Waals surface area contributed by atoms with Crippen molar-refractivity contribution in [1.29, 1.82) is 0 Å². The Balaban J connectivity index is 2.10. The molecule has 1 aliphatic rings. The average Bonchev–Trinajstić information content (AvgIpc) is 2.87. The van der Waals surface area contributed by atoms with Crippen molar-refractivity contribution < 1.29 is 19.1 Å². The van der Waals surface area contributed by atoms with E-state index in [1.807, 2.05) is 43.4 Å². The number of hydrogen-bond acceptors (Lipinski definition) is 6. The predicted octanol–water partition coefficient (Wildman–Crippen LogP) is 4.07. The molecule has 6 nitrogen and oxygen atoms in total. The molecule has 0 aliphatic carbocycles. The summed E-state index contributed by atoms with van der Waals surface area (Å²) in [6.45, 7) is 2.76. The van der Waals surface area contributed by atoms with Crippen LogP contribution in [0.2, 0.25) is 5.02 Å². The minimum absolute atomic E-state index is 0.194. The Bertz CT molecular complexity index is 907. The van der Waals surface area contributed by atoms with E-state index in [1.54, 1.807) is 25.0 Å². The third-order valence-corrected chi connectivity index (χ3v) is 6.42. The lowest BCUT2D eigenvalue weighted by Gasteiger charge is -2.28. The fourth-order valence-corrected chi connectivity index (χ4v) is 4.83. The van der Waals surface area contributed by atoms with E-state index in [0.29, 0.717) is 23.9 Å². The lowest BCUT2D eigenvalue weighted by Crippen LogP contribution is -2.45. The van der Waals surface area contributed by atoms with Crippen LogP contribution < -0.4 is 15.0 Å². The number of anilines is 1. The quantitative estimate of drug-likeness (QED) is 0.644. The molecular formula is C22H25ClN2O4S. The molecule has 1 heterocycles. The Morgan fingerprint density at radius 2 is 1.97 bits per heavy atom. The number of fused-ring (bicyclic) bond motifs is 1. The Hall–Kier alpha value is -2.22. The fourth-order valence-electron chi connectivity index (χ4n) is 3.23.